The molecule has 0 aliphatic heterocycles. The van der Waals surface area contributed by atoms with E-state index >= 15 is 0 Å². The Morgan fingerprint density at radius 3 is 2.14 bits per heavy atom. The Hall–Kier alpha value is -3.61. The first-order valence-electron chi connectivity index (χ1n) is 13.0. The second-order valence-electron chi connectivity index (χ2n) is 10.6. The van der Waals surface area contributed by atoms with Gasteiger partial charge in [0.1, 0.15) is 5.75 Å². The van der Waals surface area contributed by atoms with Gasteiger partial charge < -0.3 is 9.64 Å². The normalized spacial score (nSPS) is 11.3. The third-order valence-electron chi connectivity index (χ3n) is 6.04. The van der Waals surface area contributed by atoms with E-state index in [4.69, 9.17) is 9.72 Å². The van der Waals surface area contributed by atoms with Crippen LogP contribution in [-0.2, 0) is 9.59 Å². The summed E-state index contributed by atoms with van der Waals surface area (Å²) in [4.78, 5) is 32.4. The number of ether oxygens (including phenoxy) is 1. The van der Waals surface area contributed by atoms with Crippen LogP contribution in [-0.4, -0.2) is 46.5 Å². The molecule has 0 unspecified atom stereocenters. The van der Waals surface area contributed by atoms with Crippen molar-refractivity contribution in [1.29, 1.82) is 0 Å². The van der Waals surface area contributed by atoms with Gasteiger partial charge in [0.15, 0.2) is 0 Å². The molecule has 1 heterocycles. The van der Waals surface area contributed by atoms with E-state index in [0.29, 0.717) is 24.8 Å². The van der Waals surface area contributed by atoms with E-state index in [9.17, 15) is 9.59 Å². The van der Waals surface area contributed by atoms with Gasteiger partial charge in [-0.05, 0) is 59.7 Å². The molecule has 0 aliphatic rings. The van der Waals surface area contributed by atoms with Crippen LogP contribution in [0.2, 0.25) is 0 Å². The smallest absolute Gasteiger partial charge is 0.246 e. The van der Waals surface area contributed by atoms with Gasteiger partial charge >= 0.3 is 0 Å². The van der Waals surface area contributed by atoms with E-state index in [1.54, 1.807) is 12.0 Å². The largest absolute Gasteiger partial charge is 0.497 e. The summed E-state index contributed by atoms with van der Waals surface area (Å²) in [5.41, 5.74) is 3.75. The maximum atomic E-state index is 13.2. The van der Waals surface area contributed by atoms with Gasteiger partial charge in [-0.2, -0.15) is 0 Å². The van der Waals surface area contributed by atoms with Crippen molar-refractivity contribution in [2.75, 3.05) is 25.5 Å². The van der Waals surface area contributed by atoms with Gasteiger partial charge in [-0.25, -0.2) is 4.98 Å². The zero-order chi connectivity index (χ0) is 27.1. The molecule has 1 aromatic heterocycles. The third kappa shape index (κ3) is 7.68. The van der Waals surface area contributed by atoms with Gasteiger partial charge in [-0.1, -0.05) is 53.7 Å². The molecule has 198 valence electrons. The van der Waals surface area contributed by atoms with Crippen molar-refractivity contribution in [1.82, 2.24) is 14.5 Å². The van der Waals surface area contributed by atoms with Crippen LogP contribution in [0.4, 0.5) is 5.95 Å². The number of benzene rings is 2. The maximum Gasteiger partial charge on any atom is 0.246 e. The van der Waals surface area contributed by atoms with Crippen molar-refractivity contribution in [2.45, 2.75) is 53.9 Å². The van der Waals surface area contributed by atoms with Crippen LogP contribution in [0, 0.1) is 11.8 Å². The highest BCUT2D eigenvalue weighted by molar-refractivity contribution is 5.94. The molecule has 3 rings (SSSR count). The predicted molar refractivity (Wildman–Crippen MR) is 149 cm³/mol. The van der Waals surface area contributed by atoms with Crippen molar-refractivity contribution < 1.29 is 14.3 Å². The van der Waals surface area contributed by atoms with Crippen molar-refractivity contribution in [3.63, 3.8) is 0 Å². The molecule has 37 heavy (non-hydrogen) atoms. The number of hydrogen-bond acceptors (Lipinski definition) is 4. The van der Waals surface area contributed by atoms with Crippen LogP contribution >= 0.6 is 0 Å². The van der Waals surface area contributed by atoms with E-state index in [1.165, 1.54) is 5.56 Å². The summed E-state index contributed by atoms with van der Waals surface area (Å²) in [7, 11) is 1.63. The number of imidazole rings is 1. The van der Waals surface area contributed by atoms with Gasteiger partial charge in [0.05, 0.1) is 19.3 Å². The monoisotopic (exact) mass is 504 g/mol. The molecule has 1 N–H and O–H groups in total. The van der Waals surface area contributed by atoms with E-state index < -0.39 is 0 Å². The molecule has 2 aromatic carbocycles. The highest BCUT2D eigenvalue weighted by Gasteiger charge is 2.21. The standard InChI is InChI=1S/C30H40N4O3/c1-20(2)16-29(36)33(17-21(3)4)19-28(35)32-30-31-27(24-10-14-26(37-7)15-11-24)18-34(30)25-12-8-23(9-13-25)22(5)6/h8-15,18,20-22H,16-17,19H2,1-7H3,(H,31,32,35). The topological polar surface area (TPSA) is 76.5 Å². The van der Waals surface area contributed by atoms with Gasteiger partial charge in [0, 0.05) is 30.4 Å². The lowest BCUT2D eigenvalue weighted by molar-refractivity contribution is -0.135. The van der Waals surface area contributed by atoms with E-state index in [-0.39, 0.29) is 30.2 Å². The maximum absolute atomic E-state index is 13.2. The lowest BCUT2D eigenvalue weighted by Crippen LogP contribution is -2.40. The van der Waals surface area contributed by atoms with Crippen LogP contribution in [0.15, 0.2) is 54.7 Å². The number of carbonyl (C=O) groups excluding carboxylic acids is 2. The second-order valence-corrected chi connectivity index (χ2v) is 10.6. The Balaban J connectivity index is 1.92. The van der Waals surface area contributed by atoms with Gasteiger partial charge in [-0.3, -0.25) is 19.5 Å². The molecule has 7 heteroatoms. The molecular formula is C30H40N4O3. The average molecular weight is 505 g/mol. The number of amides is 2. The molecule has 0 saturated carbocycles. The summed E-state index contributed by atoms with van der Waals surface area (Å²) in [5, 5.41) is 2.97. The zero-order valence-corrected chi connectivity index (χ0v) is 23.1. The van der Waals surface area contributed by atoms with Crippen molar-refractivity contribution >= 4 is 17.8 Å². The molecule has 0 spiro atoms. The van der Waals surface area contributed by atoms with E-state index in [0.717, 1.165) is 22.7 Å². The lowest BCUT2D eigenvalue weighted by Gasteiger charge is -2.25. The number of carbonyl (C=O) groups is 2. The molecule has 2 amide bonds. The van der Waals surface area contributed by atoms with Crippen LogP contribution < -0.4 is 10.1 Å². The van der Waals surface area contributed by atoms with Gasteiger partial charge in [-0.15, -0.1) is 0 Å². The van der Waals surface area contributed by atoms with Crippen molar-refractivity contribution in [2.24, 2.45) is 11.8 Å². The average Bonchev–Trinajstić information content (AvgIpc) is 3.26. The molecule has 0 radical (unpaired) electrons. The number of anilines is 1. The fourth-order valence-electron chi connectivity index (χ4n) is 4.10. The summed E-state index contributed by atoms with van der Waals surface area (Å²) in [6.45, 7) is 12.9. The molecule has 0 atom stereocenters. The van der Waals surface area contributed by atoms with Gasteiger partial charge in [0.2, 0.25) is 17.8 Å². The quantitative estimate of drug-likeness (QED) is 0.340. The number of rotatable bonds is 11. The minimum atomic E-state index is -0.273. The minimum absolute atomic E-state index is 0.00890. The molecule has 0 fully saturated rings. The third-order valence-corrected chi connectivity index (χ3v) is 6.04. The first-order chi connectivity index (χ1) is 17.6. The summed E-state index contributed by atoms with van der Waals surface area (Å²) >= 11 is 0. The zero-order valence-electron chi connectivity index (χ0n) is 23.1. The van der Waals surface area contributed by atoms with E-state index in [1.807, 2.05) is 74.9 Å². The first kappa shape index (κ1) is 28.0. The Kier molecular flexibility index (Phi) is 9.50. The molecule has 7 nitrogen and oxygen atoms in total. The number of nitrogens with one attached hydrogen (secondary N) is 1. The molecule has 0 saturated heterocycles. The lowest BCUT2D eigenvalue weighted by atomic mass is 10.0. The number of methoxy groups -OCH3 is 1. The molecule has 3 aromatic rings. The number of nitrogens with zero attached hydrogens (tertiary/aromatic N) is 3. The highest BCUT2D eigenvalue weighted by Crippen LogP contribution is 2.27. The van der Waals surface area contributed by atoms with E-state index in [2.05, 4.69) is 31.3 Å². The summed E-state index contributed by atoms with van der Waals surface area (Å²) in [6.07, 6.45) is 2.33. The first-order valence-corrected chi connectivity index (χ1v) is 13.0. The fourth-order valence-corrected chi connectivity index (χ4v) is 4.10. The molecular weight excluding hydrogens is 464 g/mol. The van der Waals surface area contributed by atoms with Crippen molar-refractivity contribution in [3.05, 3.63) is 60.3 Å². The Morgan fingerprint density at radius 1 is 0.946 bits per heavy atom. The predicted octanol–water partition coefficient (Wildman–Crippen LogP) is 6.14. The Bertz CT molecular complexity index is 1180. The van der Waals surface area contributed by atoms with Gasteiger partial charge in [0.25, 0.3) is 0 Å². The van der Waals surface area contributed by atoms with Crippen LogP contribution in [0.5, 0.6) is 5.75 Å². The summed E-state index contributed by atoms with van der Waals surface area (Å²) in [6, 6.07) is 15.9. The summed E-state index contributed by atoms with van der Waals surface area (Å²) in [5.74, 6) is 1.79. The Labute approximate surface area is 220 Å². The number of aromatic nitrogens is 2. The highest BCUT2D eigenvalue weighted by atomic mass is 16.5. The van der Waals surface area contributed by atoms with Crippen LogP contribution in [0.1, 0.15) is 59.4 Å². The SMILES string of the molecule is COc1ccc(-c2cn(-c3ccc(C(C)C)cc3)c(NC(=O)CN(CC(C)C)C(=O)CC(C)C)n2)cc1. The minimum Gasteiger partial charge on any atom is -0.497 e. The molecule has 0 bridgehead atoms. The fraction of sp³-hybridized carbons (Fsp3) is 0.433. The second kappa shape index (κ2) is 12.6. The summed E-state index contributed by atoms with van der Waals surface area (Å²) < 4.78 is 7.16. The van der Waals surface area contributed by atoms with Crippen LogP contribution in [0.3, 0.4) is 0 Å². The number of hydrogen-bond donors (Lipinski definition) is 1. The van der Waals surface area contributed by atoms with Crippen molar-refractivity contribution in [3.8, 4) is 22.7 Å². The Morgan fingerprint density at radius 2 is 1.59 bits per heavy atom. The molecule has 0 aliphatic carbocycles. The van der Waals surface area contributed by atoms with Crippen LogP contribution in [0.25, 0.3) is 16.9 Å².